The molecule has 0 unspecified atom stereocenters. The third-order valence-electron chi connectivity index (χ3n) is 27.0. The average Bonchev–Trinajstić information content (AvgIpc) is 0.847. The number of ether oxygens (including phenoxy) is 23. The quantitative estimate of drug-likeness (QED) is 0.0275. The molecule has 5 amide bonds. The van der Waals surface area contributed by atoms with Gasteiger partial charge in [0.1, 0.15) is 280 Å². The lowest BCUT2D eigenvalue weighted by atomic mass is 9.93. The van der Waals surface area contributed by atoms with Crippen LogP contribution in [0.2, 0.25) is 0 Å². The number of hydrogen-bond donors (Lipinski definition) is 36. The zero-order chi connectivity index (χ0) is 107. The normalized spacial score (nSPS) is 49.8. The molecule has 0 bridgehead atoms. The van der Waals surface area contributed by atoms with Gasteiger partial charge in [0.15, 0.2) is 75.5 Å². The zero-order valence-electron chi connectivity index (χ0n) is 79.0. The van der Waals surface area contributed by atoms with Gasteiger partial charge in [-0.1, -0.05) is 0 Å². The lowest BCUT2D eigenvalue weighted by Gasteiger charge is -2.51. The summed E-state index contributed by atoms with van der Waals surface area (Å²) in [6, 6.07) is -9.85. The Morgan fingerprint density at radius 1 is 0.192 bits per heavy atom. The molecule has 12 heterocycles. The number of carbonyl (C=O) groups is 5. The highest BCUT2D eigenvalue weighted by Crippen LogP contribution is 2.43. The fourth-order valence-electron chi connectivity index (χ4n) is 19.1. The Morgan fingerprint density at radius 3 is 0.863 bits per heavy atom. The minimum absolute atomic E-state index is 0.872. The van der Waals surface area contributed by atoms with E-state index in [1.807, 2.05) is 0 Å². The second-order valence-electron chi connectivity index (χ2n) is 37.3. The fraction of sp³-hybridized carbons (Fsp3) is 0.939. The molecule has 12 rings (SSSR count). The number of carbonyl (C=O) groups excluding carboxylic acids is 5. The Kier molecular flexibility index (Phi) is 42.8. The zero-order valence-corrected chi connectivity index (χ0v) is 79.0. The molecular weight excluding hydrogens is 2000 g/mol. The molecule has 60 atom stereocenters. The van der Waals surface area contributed by atoms with E-state index in [1.165, 1.54) is 13.8 Å². The lowest BCUT2D eigenvalue weighted by molar-refractivity contribution is -0.404. The smallest absolute Gasteiger partial charge is 0.217 e. The average molecular weight is 2140 g/mol. The summed E-state index contributed by atoms with van der Waals surface area (Å²) < 4.78 is 139. The molecule has 0 radical (unpaired) electrons. The largest absolute Gasteiger partial charge is 0.394 e. The van der Waals surface area contributed by atoms with Gasteiger partial charge in [0.2, 0.25) is 29.5 Å². The molecule has 12 aliphatic rings. The molecular formula is C82H137N5O59. The number of rotatable bonds is 37. The van der Waals surface area contributed by atoms with Crippen LogP contribution in [0, 0.1) is 0 Å². The van der Waals surface area contributed by atoms with E-state index in [2.05, 4.69) is 26.6 Å². The number of aliphatic hydroxyl groups is 31. The first-order valence-corrected chi connectivity index (χ1v) is 46.9. The van der Waals surface area contributed by atoms with Gasteiger partial charge in [0, 0.05) is 34.6 Å². The van der Waals surface area contributed by atoms with Gasteiger partial charge in [-0.05, 0) is 13.8 Å². The minimum atomic E-state index is -2.70. The van der Waals surface area contributed by atoms with Crippen molar-refractivity contribution in [2.45, 2.75) is 417 Å². The van der Waals surface area contributed by atoms with Crippen molar-refractivity contribution >= 4 is 29.5 Å². The first-order valence-electron chi connectivity index (χ1n) is 46.9. The molecule has 0 aromatic rings. The number of aliphatic hydroxyl groups excluding tert-OH is 31. The third kappa shape index (κ3) is 26.4. The first-order chi connectivity index (χ1) is 69.0. The Bertz CT molecular complexity index is 4090. The van der Waals surface area contributed by atoms with Crippen molar-refractivity contribution in [3.8, 4) is 0 Å². The summed E-state index contributed by atoms with van der Waals surface area (Å²) in [5.74, 6) is -4.85. The summed E-state index contributed by atoms with van der Waals surface area (Å²) in [5, 5.41) is 364. The number of hydrogen-bond acceptors (Lipinski definition) is 59. The van der Waals surface area contributed by atoms with Crippen molar-refractivity contribution in [3.63, 3.8) is 0 Å². The maximum Gasteiger partial charge on any atom is 0.217 e. The van der Waals surface area contributed by atoms with Crippen molar-refractivity contribution < 1.29 is 291 Å². The van der Waals surface area contributed by atoms with E-state index in [0.717, 1.165) is 34.6 Å². The van der Waals surface area contributed by atoms with Crippen LogP contribution in [-0.4, -0.2) is 622 Å². The van der Waals surface area contributed by atoms with Crippen molar-refractivity contribution in [1.29, 1.82) is 0 Å². The van der Waals surface area contributed by atoms with Gasteiger partial charge < -0.3 is 294 Å². The van der Waals surface area contributed by atoms with Gasteiger partial charge in [0.05, 0.1) is 78.3 Å². The van der Waals surface area contributed by atoms with Crippen LogP contribution in [-0.2, 0) is 133 Å². The van der Waals surface area contributed by atoms with Gasteiger partial charge in [-0.3, -0.25) is 24.0 Å². The topological polar surface area (TPSA) is 985 Å². The predicted octanol–water partition coefficient (Wildman–Crippen LogP) is -24.4. The van der Waals surface area contributed by atoms with Crippen molar-refractivity contribution in [1.82, 2.24) is 26.6 Å². The Labute approximate surface area is 827 Å². The molecule has 12 saturated heterocycles. The van der Waals surface area contributed by atoms with Gasteiger partial charge in [-0.2, -0.15) is 0 Å². The van der Waals surface area contributed by atoms with Crippen LogP contribution in [0.3, 0.4) is 0 Å². The predicted molar refractivity (Wildman–Crippen MR) is 450 cm³/mol. The second-order valence-corrected chi connectivity index (χ2v) is 37.3. The summed E-state index contributed by atoms with van der Waals surface area (Å²) in [5.41, 5.74) is 0. The Balaban J connectivity index is 0.875. The summed E-state index contributed by atoms with van der Waals surface area (Å²) in [7, 11) is 0. The second kappa shape index (κ2) is 52.2. The van der Waals surface area contributed by atoms with Crippen molar-refractivity contribution in [2.75, 3.05) is 66.1 Å². The Morgan fingerprint density at radius 2 is 0.438 bits per heavy atom. The fourth-order valence-corrected chi connectivity index (χ4v) is 19.1. The molecule has 844 valence electrons. The van der Waals surface area contributed by atoms with Gasteiger partial charge in [-0.25, -0.2) is 0 Å². The molecule has 36 N–H and O–H groups in total. The molecule has 64 heteroatoms. The van der Waals surface area contributed by atoms with Crippen LogP contribution < -0.4 is 26.6 Å². The lowest BCUT2D eigenvalue weighted by Crippen LogP contribution is -2.71. The summed E-state index contributed by atoms with van der Waals surface area (Å²) in [6.07, 6.45) is -117. The number of nitrogens with one attached hydrogen (secondary N) is 5. The highest BCUT2D eigenvalue weighted by molar-refractivity contribution is 5.75. The maximum absolute atomic E-state index is 13.5. The highest BCUT2D eigenvalue weighted by Gasteiger charge is 2.64. The maximum atomic E-state index is 13.5. The molecule has 0 aromatic carbocycles. The van der Waals surface area contributed by atoms with Crippen molar-refractivity contribution in [3.05, 3.63) is 0 Å². The molecule has 12 fully saturated rings. The van der Waals surface area contributed by atoms with Crippen LogP contribution in [0.1, 0.15) is 48.5 Å². The first kappa shape index (κ1) is 120. The molecule has 146 heavy (non-hydrogen) atoms. The Hall–Kier alpha value is -4.81. The summed E-state index contributed by atoms with van der Waals surface area (Å²) in [6.45, 7) is -4.60. The van der Waals surface area contributed by atoms with Crippen LogP contribution in [0.15, 0.2) is 0 Å². The summed E-state index contributed by atoms with van der Waals surface area (Å²) in [4.78, 5) is 65.2. The highest BCUT2D eigenvalue weighted by atomic mass is 16.8. The molecule has 0 aromatic heterocycles. The van der Waals surface area contributed by atoms with Gasteiger partial charge in [-0.15, -0.1) is 0 Å². The molecule has 64 nitrogen and oxygen atoms in total. The van der Waals surface area contributed by atoms with Crippen LogP contribution in [0.4, 0.5) is 0 Å². The van der Waals surface area contributed by atoms with Crippen LogP contribution >= 0.6 is 0 Å². The molecule has 0 saturated carbocycles. The van der Waals surface area contributed by atoms with Crippen molar-refractivity contribution in [2.24, 2.45) is 0 Å². The minimum Gasteiger partial charge on any atom is -0.394 e. The van der Waals surface area contributed by atoms with Crippen LogP contribution in [0.25, 0.3) is 0 Å². The van der Waals surface area contributed by atoms with Gasteiger partial charge >= 0.3 is 0 Å². The molecule has 0 spiro atoms. The number of amides is 5. The third-order valence-corrected chi connectivity index (χ3v) is 27.0. The standard InChI is InChI=1S/C82H137N5O59/c1-18-40(101)53(114)58(119)76(126-18)124-17-34-65(49(110)35(71(123)128-34)83-20(3)96)138-73-37(85-22(5)98)50(111)63(31(14-94)134-73)140-79-61(122)66(142-81-69(57(118)45(106)28(11-91)132-81)145-75-38(86-23(6)99)51(112)62(30(13-93)135-75)139-78-60(121)55(116)43(104)26(9-89)130-78)47(108)33(137-79)16-125-80-68(56(117)44(105)27(10-90)131-80)144-74-39(87-24(7)100)52(113)64(32(15-95)136-74)141-82-70(146-77-59(120)54(115)41(102)19(2)127-77)67(46(107)29(12-92)133-82)143-72-36(84-21(4)97)48(109)42(103)25(8-88)129-72/h18-19,25-82,88-95,101-123H,8-17H2,1-7H3,(H,83,96)(H,84,97)(H,85,98)(H,86,99)(H,87,100)/t18-,19-,25+,26+,27+,28+,29+,30+,31+,32+,33+,34+,35+,36+,37+,38-,39+,40+,41+,42-,43-,44+,45+,46-,47+,48+,49+,50+,51+,52+,53+,54+,55-,56-,57-,58-,59-,60+,61-,62+,63+,64+,65+,66-,67-,68-,69-,70+,71+,72+,73-,74-,75-,76+,77-,78-,79-,80-,81+,82-/m0/s1. The monoisotopic (exact) mass is 2140 g/mol. The van der Waals surface area contributed by atoms with E-state index in [9.17, 15) is 182 Å². The van der Waals surface area contributed by atoms with Gasteiger partial charge in [0.25, 0.3) is 0 Å². The molecule has 0 aliphatic carbocycles. The van der Waals surface area contributed by atoms with Crippen LogP contribution in [0.5, 0.6) is 0 Å². The van der Waals surface area contributed by atoms with E-state index in [-0.39, 0.29) is 0 Å². The van der Waals surface area contributed by atoms with E-state index < -0.39 is 464 Å². The van der Waals surface area contributed by atoms with E-state index in [0.29, 0.717) is 0 Å². The summed E-state index contributed by atoms with van der Waals surface area (Å²) >= 11 is 0. The SMILES string of the molecule is CC(=O)N[C@@H]1[C@H](O[C@@H]2[C@@H](O[C@@H]3[C@H](O)[C@H](O[C@H]4[C@H](O)[C@@H](NC(C)=O)[C@H](O[C@H]5[C@H](O)[C@@H](NC(C)=O)[C@H](O)O[C@@H]5CO[C@@H]5O[C@@H](C)[C@@H](O)[C@@H](O)[C@@H]5O)O[C@@H]4CO)O[C@H](CO[C@H]4O[C@H](CO)[C@@H](O)[C@H](O)[C@@H]4O[C@@H]4O[C@H](CO)[C@@H](O[C@@H]5O[C@H](CO)[C@H](O)[C@H](O[C@H]6O[C@H](CO)[C@H](O)[C@H](O)[C@H]6NC(C)=O)[C@H]5O[C@@H]5O[C@@H](C)[C@@H](O)[C@@H](O)[C@@H]5O)[C@H](O)[C@H]4NC(C)=O)[C@H]3O)O[C@H](CO)[C@@H](O)[C@@H]2O)O[C@H](CO)[C@@H](O[C@@H]2O[C@H](CO)[C@H](O)[C@H](O)[C@H]2O)[C@@H]1O. The van der Waals surface area contributed by atoms with E-state index in [1.54, 1.807) is 0 Å². The van der Waals surface area contributed by atoms with E-state index >= 15 is 0 Å². The van der Waals surface area contributed by atoms with E-state index in [4.69, 9.17) is 109 Å². The molecule has 12 aliphatic heterocycles.